The number of aromatic nitrogens is 2. The van der Waals surface area contributed by atoms with Crippen LogP contribution < -0.4 is 11.1 Å². The van der Waals surface area contributed by atoms with Gasteiger partial charge in [-0.3, -0.25) is 0 Å². The molecular formula is C11H13BrN4. The number of benzene rings is 1. The van der Waals surface area contributed by atoms with Gasteiger partial charge in [-0.2, -0.15) is 0 Å². The Labute approximate surface area is 102 Å². The van der Waals surface area contributed by atoms with Crippen molar-refractivity contribution < 1.29 is 0 Å². The molecule has 0 aliphatic rings. The first-order valence-electron chi connectivity index (χ1n) is 4.97. The number of halogens is 1. The maximum Gasteiger partial charge on any atom is 0.128 e. The van der Waals surface area contributed by atoms with Crippen LogP contribution in [0, 0.1) is 0 Å². The lowest BCUT2D eigenvalue weighted by Crippen LogP contribution is -2.09. The maximum absolute atomic E-state index is 5.88. The maximum atomic E-state index is 5.88. The van der Waals surface area contributed by atoms with Crippen molar-refractivity contribution in [2.45, 2.75) is 13.0 Å². The van der Waals surface area contributed by atoms with E-state index in [1.807, 2.05) is 25.1 Å². The molecule has 4 nitrogen and oxygen atoms in total. The van der Waals surface area contributed by atoms with Gasteiger partial charge in [-0.05, 0) is 25.1 Å². The quantitative estimate of drug-likeness (QED) is 0.758. The number of aromatic amines is 1. The number of rotatable bonds is 3. The third kappa shape index (κ3) is 2.36. The van der Waals surface area contributed by atoms with E-state index in [0.29, 0.717) is 0 Å². The number of H-pyrrole nitrogens is 1. The van der Waals surface area contributed by atoms with E-state index in [-0.39, 0.29) is 6.04 Å². The Bertz CT molecular complexity index is 467. The molecule has 1 unspecified atom stereocenters. The zero-order valence-corrected chi connectivity index (χ0v) is 10.5. The molecule has 1 aromatic heterocycles. The van der Waals surface area contributed by atoms with E-state index < -0.39 is 0 Å². The minimum Gasteiger partial charge on any atom is -0.397 e. The second-order valence-electron chi connectivity index (χ2n) is 3.57. The van der Waals surface area contributed by atoms with Gasteiger partial charge >= 0.3 is 0 Å². The monoisotopic (exact) mass is 280 g/mol. The molecule has 1 heterocycles. The lowest BCUT2D eigenvalue weighted by molar-refractivity contribution is 0.810. The highest BCUT2D eigenvalue weighted by molar-refractivity contribution is 9.10. The fraction of sp³-hybridized carbons (Fsp3) is 0.182. The number of hydrogen-bond acceptors (Lipinski definition) is 3. The Kier molecular flexibility index (Phi) is 3.14. The zero-order valence-electron chi connectivity index (χ0n) is 8.87. The molecule has 84 valence electrons. The molecule has 4 N–H and O–H groups in total. The van der Waals surface area contributed by atoms with Crippen molar-refractivity contribution in [1.29, 1.82) is 0 Å². The second kappa shape index (κ2) is 4.57. The molecule has 2 aromatic rings. The van der Waals surface area contributed by atoms with E-state index in [9.17, 15) is 0 Å². The van der Waals surface area contributed by atoms with Gasteiger partial charge in [-0.25, -0.2) is 4.98 Å². The van der Waals surface area contributed by atoms with Crippen molar-refractivity contribution in [1.82, 2.24) is 9.97 Å². The number of imidazole rings is 1. The summed E-state index contributed by atoms with van der Waals surface area (Å²) in [5, 5.41) is 3.30. The van der Waals surface area contributed by atoms with Crippen LogP contribution in [0.25, 0.3) is 0 Å². The van der Waals surface area contributed by atoms with Crippen LogP contribution in [0.5, 0.6) is 0 Å². The molecule has 0 radical (unpaired) electrons. The summed E-state index contributed by atoms with van der Waals surface area (Å²) in [7, 11) is 0. The number of nitrogens with one attached hydrogen (secondary N) is 2. The van der Waals surface area contributed by atoms with Crippen LogP contribution in [0.1, 0.15) is 18.8 Å². The summed E-state index contributed by atoms with van der Waals surface area (Å²) in [6.45, 7) is 2.03. The summed E-state index contributed by atoms with van der Waals surface area (Å²) in [5.41, 5.74) is 7.50. The van der Waals surface area contributed by atoms with Crippen LogP contribution >= 0.6 is 15.9 Å². The number of nitrogens with zero attached hydrogens (tertiary/aromatic N) is 1. The smallest absolute Gasteiger partial charge is 0.128 e. The first-order valence-corrected chi connectivity index (χ1v) is 5.77. The van der Waals surface area contributed by atoms with Crippen LogP contribution in [0.3, 0.4) is 0 Å². The number of nitrogen functional groups attached to an aromatic ring is 1. The van der Waals surface area contributed by atoms with Gasteiger partial charge < -0.3 is 16.0 Å². The van der Waals surface area contributed by atoms with Gasteiger partial charge in [0.05, 0.1) is 17.4 Å². The summed E-state index contributed by atoms with van der Waals surface area (Å²) < 4.78 is 0.996. The largest absolute Gasteiger partial charge is 0.397 e. The van der Waals surface area contributed by atoms with Gasteiger partial charge in [-0.1, -0.05) is 15.9 Å². The van der Waals surface area contributed by atoms with Crippen molar-refractivity contribution in [2.75, 3.05) is 11.1 Å². The van der Waals surface area contributed by atoms with Crippen molar-refractivity contribution in [2.24, 2.45) is 0 Å². The number of hydrogen-bond donors (Lipinski definition) is 3. The Hall–Kier alpha value is -1.49. The van der Waals surface area contributed by atoms with Crippen molar-refractivity contribution in [3.05, 3.63) is 40.9 Å². The average Bonchev–Trinajstić information content (AvgIpc) is 2.76. The lowest BCUT2D eigenvalue weighted by Gasteiger charge is -2.15. The SMILES string of the molecule is CC(Nc1cc(Br)ccc1N)c1ncc[nH]1. The van der Waals surface area contributed by atoms with Crippen LogP contribution in [-0.4, -0.2) is 9.97 Å². The van der Waals surface area contributed by atoms with E-state index in [1.54, 1.807) is 12.4 Å². The second-order valence-corrected chi connectivity index (χ2v) is 4.49. The standard InChI is InChI=1S/C11H13BrN4/c1-7(11-14-4-5-15-11)16-10-6-8(12)2-3-9(10)13/h2-7,16H,13H2,1H3,(H,14,15). The summed E-state index contributed by atoms with van der Waals surface area (Å²) >= 11 is 3.42. The first-order chi connectivity index (χ1) is 7.66. The van der Waals surface area contributed by atoms with Crippen LogP contribution in [-0.2, 0) is 0 Å². The van der Waals surface area contributed by atoms with Crippen molar-refractivity contribution in [3.8, 4) is 0 Å². The molecule has 0 amide bonds. The molecule has 0 fully saturated rings. The van der Waals surface area contributed by atoms with E-state index in [4.69, 9.17) is 5.73 Å². The topological polar surface area (TPSA) is 66.7 Å². The van der Waals surface area contributed by atoms with Gasteiger partial charge in [0.2, 0.25) is 0 Å². The van der Waals surface area contributed by atoms with Crippen LogP contribution in [0.4, 0.5) is 11.4 Å². The van der Waals surface area contributed by atoms with Crippen molar-refractivity contribution in [3.63, 3.8) is 0 Å². The Morgan fingerprint density at radius 1 is 1.50 bits per heavy atom. The van der Waals surface area contributed by atoms with Gasteiger partial charge in [0.1, 0.15) is 5.82 Å². The van der Waals surface area contributed by atoms with Crippen LogP contribution in [0.2, 0.25) is 0 Å². The van der Waals surface area contributed by atoms with Gasteiger partial charge in [0, 0.05) is 16.9 Å². The predicted octanol–water partition coefficient (Wildman–Crippen LogP) is 2.93. The zero-order chi connectivity index (χ0) is 11.5. The fourth-order valence-electron chi connectivity index (χ4n) is 1.47. The molecule has 16 heavy (non-hydrogen) atoms. The summed E-state index contributed by atoms with van der Waals surface area (Å²) in [6, 6.07) is 5.82. The molecule has 0 aliphatic heterocycles. The van der Waals surface area contributed by atoms with E-state index in [2.05, 4.69) is 31.2 Å². The molecule has 0 saturated carbocycles. The molecule has 0 saturated heterocycles. The normalized spacial score (nSPS) is 12.4. The molecule has 2 rings (SSSR count). The highest BCUT2D eigenvalue weighted by Crippen LogP contribution is 2.26. The predicted molar refractivity (Wildman–Crippen MR) is 69.2 cm³/mol. The Morgan fingerprint density at radius 3 is 3.00 bits per heavy atom. The Morgan fingerprint density at radius 2 is 2.31 bits per heavy atom. The molecule has 0 bridgehead atoms. The summed E-state index contributed by atoms with van der Waals surface area (Å²) in [5.74, 6) is 0.888. The van der Waals surface area contributed by atoms with Gasteiger partial charge in [0.15, 0.2) is 0 Å². The third-order valence-corrected chi connectivity index (χ3v) is 2.81. The summed E-state index contributed by atoms with van der Waals surface area (Å²) in [6.07, 6.45) is 3.54. The molecular weight excluding hydrogens is 268 g/mol. The lowest BCUT2D eigenvalue weighted by atomic mass is 10.2. The summed E-state index contributed by atoms with van der Waals surface area (Å²) in [4.78, 5) is 7.26. The average molecular weight is 281 g/mol. The highest BCUT2D eigenvalue weighted by Gasteiger charge is 2.09. The van der Waals surface area contributed by atoms with Gasteiger partial charge in [0.25, 0.3) is 0 Å². The molecule has 1 aromatic carbocycles. The van der Waals surface area contributed by atoms with Crippen LogP contribution in [0.15, 0.2) is 35.1 Å². The molecule has 0 aliphatic carbocycles. The molecule has 1 atom stereocenters. The van der Waals surface area contributed by atoms with E-state index >= 15 is 0 Å². The van der Waals surface area contributed by atoms with Crippen molar-refractivity contribution >= 4 is 27.3 Å². The number of nitrogens with two attached hydrogens (primary N) is 1. The highest BCUT2D eigenvalue weighted by atomic mass is 79.9. The molecule has 0 spiro atoms. The third-order valence-electron chi connectivity index (χ3n) is 2.32. The number of anilines is 2. The fourth-order valence-corrected chi connectivity index (χ4v) is 1.83. The Balaban J connectivity index is 2.17. The minimum atomic E-state index is 0.0894. The van der Waals surface area contributed by atoms with Gasteiger partial charge in [-0.15, -0.1) is 0 Å². The first kappa shape index (κ1) is 11.0. The van der Waals surface area contributed by atoms with E-state index in [1.165, 1.54) is 0 Å². The van der Waals surface area contributed by atoms with E-state index in [0.717, 1.165) is 21.7 Å². The molecule has 5 heteroatoms. The minimum absolute atomic E-state index is 0.0894.